The average Bonchev–Trinajstić information content (AvgIpc) is 2.57. The first-order chi connectivity index (χ1) is 11.9. The molecular formula is C20H30N2O3. The van der Waals surface area contributed by atoms with E-state index in [-0.39, 0.29) is 18.0 Å². The van der Waals surface area contributed by atoms with Gasteiger partial charge in [-0.1, -0.05) is 32.0 Å². The van der Waals surface area contributed by atoms with Crippen LogP contribution in [0.4, 0.5) is 4.79 Å². The normalized spacial score (nSPS) is 15.3. The lowest BCUT2D eigenvalue weighted by Gasteiger charge is -2.31. The molecule has 0 unspecified atom stereocenters. The topological polar surface area (TPSA) is 58.6 Å². The molecular weight excluding hydrogens is 316 g/mol. The fraction of sp³-hybridized carbons (Fsp3) is 0.600. The number of hydrogen-bond acceptors (Lipinski definition) is 3. The van der Waals surface area contributed by atoms with E-state index in [1.807, 2.05) is 6.92 Å². The van der Waals surface area contributed by atoms with Crippen molar-refractivity contribution in [1.82, 2.24) is 10.2 Å². The van der Waals surface area contributed by atoms with E-state index in [9.17, 15) is 9.59 Å². The molecule has 5 heteroatoms. The summed E-state index contributed by atoms with van der Waals surface area (Å²) in [5.74, 6) is 0.508. The smallest absolute Gasteiger partial charge is 0.409 e. The number of nitrogens with one attached hydrogen (secondary N) is 1. The molecule has 138 valence electrons. The van der Waals surface area contributed by atoms with Gasteiger partial charge in [0.2, 0.25) is 5.91 Å². The molecule has 25 heavy (non-hydrogen) atoms. The van der Waals surface area contributed by atoms with Crippen molar-refractivity contribution in [2.24, 2.45) is 0 Å². The Morgan fingerprint density at radius 1 is 1.28 bits per heavy atom. The standard InChI is InChI=1S/C20H30N2O3/c1-5-25-20(24)22-10-8-18(9-11-22)21-19(23)13-17-12-16(14(2)3)7-6-15(17)4/h6-7,12,14,18H,5,8-11,13H2,1-4H3,(H,21,23). The highest BCUT2D eigenvalue weighted by atomic mass is 16.6. The first-order valence-electron chi connectivity index (χ1n) is 9.21. The van der Waals surface area contributed by atoms with Crippen LogP contribution in [0.1, 0.15) is 56.2 Å². The molecule has 1 fully saturated rings. The van der Waals surface area contributed by atoms with Gasteiger partial charge in [0.15, 0.2) is 0 Å². The Labute approximate surface area is 150 Å². The SMILES string of the molecule is CCOC(=O)N1CCC(NC(=O)Cc2cc(C(C)C)ccc2C)CC1. The third-order valence-corrected chi connectivity index (χ3v) is 4.78. The van der Waals surface area contributed by atoms with Gasteiger partial charge in [-0.05, 0) is 49.3 Å². The molecule has 1 aliphatic heterocycles. The molecule has 1 N–H and O–H groups in total. The van der Waals surface area contributed by atoms with E-state index in [0.717, 1.165) is 24.0 Å². The number of nitrogens with zero attached hydrogens (tertiary/aromatic N) is 1. The minimum atomic E-state index is -0.256. The summed E-state index contributed by atoms with van der Waals surface area (Å²) >= 11 is 0. The average molecular weight is 346 g/mol. The van der Waals surface area contributed by atoms with Gasteiger partial charge in [0.1, 0.15) is 0 Å². The predicted octanol–water partition coefficient (Wildman–Crippen LogP) is 3.40. The summed E-state index contributed by atoms with van der Waals surface area (Å²) < 4.78 is 5.02. The van der Waals surface area contributed by atoms with Crippen molar-refractivity contribution < 1.29 is 14.3 Å². The fourth-order valence-electron chi connectivity index (χ4n) is 3.11. The first-order valence-corrected chi connectivity index (χ1v) is 9.21. The quantitative estimate of drug-likeness (QED) is 0.889. The first kappa shape index (κ1) is 19.3. The summed E-state index contributed by atoms with van der Waals surface area (Å²) in [6.07, 6.45) is 1.70. The zero-order valence-corrected chi connectivity index (χ0v) is 15.8. The number of likely N-dealkylation sites (tertiary alicyclic amines) is 1. The monoisotopic (exact) mass is 346 g/mol. The van der Waals surface area contributed by atoms with Crippen molar-refractivity contribution >= 4 is 12.0 Å². The van der Waals surface area contributed by atoms with Gasteiger partial charge in [-0.15, -0.1) is 0 Å². The molecule has 1 saturated heterocycles. The molecule has 0 aromatic heterocycles. The van der Waals surface area contributed by atoms with Crippen LogP contribution >= 0.6 is 0 Å². The maximum Gasteiger partial charge on any atom is 0.409 e. The molecule has 1 aliphatic rings. The lowest BCUT2D eigenvalue weighted by atomic mass is 9.96. The van der Waals surface area contributed by atoms with Crippen LogP contribution < -0.4 is 5.32 Å². The predicted molar refractivity (Wildman–Crippen MR) is 98.7 cm³/mol. The molecule has 0 aliphatic carbocycles. The van der Waals surface area contributed by atoms with Crippen LogP contribution in [0, 0.1) is 6.92 Å². The maximum absolute atomic E-state index is 12.4. The summed E-state index contributed by atoms with van der Waals surface area (Å²) in [7, 11) is 0. The van der Waals surface area contributed by atoms with Crippen LogP contribution in [0.5, 0.6) is 0 Å². The van der Waals surface area contributed by atoms with E-state index in [1.165, 1.54) is 5.56 Å². The van der Waals surface area contributed by atoms with Crippen molar-refractivity contribution in [3.05, 3.63) is 34.9 Å². The van der Waals surface area contributed by atoms with Gasteiger partial charge >= 0.3 is 6.09 Å². The molecule has 5 nitrogen and oxygen atoms in total. The van der Waals surface area contributed by atoms with E-state index in [4.69, 9.17) is 4.74 Å². The summed E-state index contributed by atoms with van der Waals surface area (Å²) in [4.78, 5) is 25.8. The number of carbonyl (C=O) groups is 2. The molecule has 0 radical (unpaired) electrons. The summed E-state index contributed by atoms with van der Waals surface area (Å²) in [5.41, 5.74) is 3.50. The van der Waals surface area contributed by atoms with Crippen molar-refractivity contribution in [3.63, 3.8) is 0 Å². The molecule has 0 atom stereocenters. The molecule has 1 heterocycles. The van der Waals surface area contributed by atoms with Gasteiger partial charge in [-0.25, -0.2) is 4.79 Å². The van der Waals surface area contributed by atoms with E-state index in [2.05, 4.69) is 37.4 Å². The highest BCUT2D eigenvalue weighted by molar-refractivity contribution is 5.79. The Bertz CT molecular complexity index is 605. The molecule has 0 saturated carbocycles. The lowest BCUT2D eigenvalue weighted by molar-refractivity contribution is -0.121. The summed E-state index contributed by atoms with van der Waals surface area (Å²) in [6.45, 7) is 9.82. The number of carbonyl (C=O) groups excluding carboxylic acids is 2. The van der Waals surface area contributed by atoms with Crippen LogP contribution in [0.25, 0.3) is 0 Å². The zero-order chi connectivity index (χ0) is 18.4. The van der Waals surface area contributed by atoms with Gasteiger partial charge in [0, 0.05) is 19.1 Å². The molecule has 0 spiro atoms. The van der Waals surface area contributed by atoms with Gasteiger partial charge in [-0.3, -0.25) is 4.79 Å². The van der Waals surface area contributed by atoms with Crippen LogP contribution in [0.2, 0.25) is 0 Å². The van der Waals surface area contributed by atoms with E-state index in [0.29, 0.717) is 32.0 Å². The number of amides is 2. The van der Waals surface area contributed by atoms with Crippen molar-refractivity contribution in [2.45, 2.75) is 58.9 Å². The van der Waals surface area contributed by atoms with Crippen LogP contribution in [0.3, 0.4) is 0 Å². The zero-order valence-electron chi connectivity index (χ0n) is 15.8. The second-order valence-corrected chi connectivity index (χ2v) is 7.05. The van der Waals surface area contributed by atoms with Gasteiger partial charge in [0.05, 0.1) is 13.0 Å². The Kier molecular flexibility index (Phi) is 6.85. The second kappa shape index (κ2) is 8.88. The summed E-state index contributed by atoms with van der Waals surface area (Å²) in [5, 5.41) is 3.12. The third kappa shape index (κ3) is 5.48. The number of hydrogen-bond donors (Lipinski definition) is 1. The number of piperidine rings is 1. The van der Waals surface area contributed by atoms with Crippen LogP contribution in [-0.4, -0.2) is 42.6 Å². The Balaban J connectivity index is 1.85. The van der Waals surface area contributed by atoms with Gasteiger partial charge in [0.25, 0.3) is 0 Å². The van der Waals surface area contributed by atoms with Gasteiger partial charge in [-0.2, -0.15) is 0 Å². The minimum absolute atomic E-state index is 0.0543. The molecule has 2 amide bonds. The van der Waals surface area contributed by atoms with Crippen molar-refractivity contribution in [3.8, 4) is 0 Å². The number of rotatable bonds is 5. The molecule has 2 rings (SSSR count). The number of benzene rings is 1. The van der Waals surface area contributed by atoms with Crippen molar-refractivity contribution in [1.29, 1.82) is 0 Å². The lowest BCUT2D eigenvalue weighted by Crippen LogP contribution is -2.47. The van der Waals surface area contributed by atoms with Crippen LogP contribution in [0.15, 0.2) is 18.2 Å². The van der Waals surface area contributed by atoms with Crippen molar-refractivity contribution in [2.75, 3.05) is 19.7 Å². The minimum Gasteiger partial charge on any atom is -0.450 e. The highest BCUT2D eigenvalue weighted by Gasteiger charge is 2.24. The van der Waals surface area contributed by atoms with Gasteiger partial charge < -0.3 is 15.0 Å². The fourth-order valence-corrected chi connectivity index (χ4v) is 3.11. The van der Waals surface area contributed by atoms with E-state index in [1.54, 1.807) is 11.8 Å². The largest absolute Gasteiger partial charge is 0.450 e. The number of ether oxygens (including phenoxy) is 1. The number of aryl methyl sites for hydroxylation is 1. The van der Waals surface area contributed by atoms with E-state index >= 15 is 0 Å². The Morgan fingerprint density at radius 3 is 2.56 bits per heavy atom. The highest BCUT2D eigenvalue weighted by Crippen LogP contribution is 2.19. The maximum atomic E-state index is 12.4. The Hall–Kier alpha value is -2.04. The molecule has 1 aromatic rings. The summed E-state index contributed by atoms with van der Waals surface area (Å²) in [6, 6.07) is 6.50. The van der Waals surface area contributed by atoms with E-state index < -0.39 is 0 Å². The van der Waals surface area contributed by atoms with Crippen LogP contribution in [-0.2, 0) is 16.0 Å². The molecule has 1 aromatic carbocycles. The third-order valence-electron chi connectivity index (χ3n) is 4.78. The molecule has 0 bridgehead atoms. The Morgan fingerprint density at radius 2 is 1.96 bits per heavy atom. The second-order valence-electron chi connectivity index (χ2n) is 7.05.